The van der Waals surface area contributed by atoms with Crippen molar-refractivity contribution in [3.05, 3.63) is 47.5 Å². The molecule has 0 spiro atoms. The average molecular weight is 396 g/mol. The Bertz CT molecular complexity index is 994. The fourth-order valence-electron chi connectivity index (χ4n) is 2.86. The van der Waals surface area contributed by atoms with Crippen molar-refractivity contribution in [2.75, 3.05) is 5.32 Å². The molecule has 28 heavy (non-hydrogen) atoms. The number of hydrogen-bond acceptors (Lipinski definition) is 4. The van der Waals surface area contributed by atoms with E-state index in [4.69, 9.17) is 12.2 Å². The van der Waals surface area contributed by atoms with Crippen LogP contribution in [0.3, 0.4) is 0 Å². The van der Waals surface area contributed by atoms with Gasteiger partial charge in [0, 0.05) is 12.1 Å². The van der Waals surface area contributed by atoms with E-state index in [0.717, 1.165) is 34.4 Å². The summed E-state index contributed by atoms with van der Waals surface area (Å²) in [4.78, 5) is 13.1. The van der Waals surface area contributed by atoms with Crippen LogP contribution < -0.4 is 10.6 Å². The molecule has 2 aromatic carbocycles. The number of rotatable bonds is 6. The van der Waals surface area contributed by atoms with Crippen LogP contribution in [0.4, 0.5) is 5.69 Å². The highest BCUT2D eigenvalue weighted by atomic mass is 32.1. The van der Waals surface area contributed by atoms with Crippen molar-refractivity contribution in [1.29, 1.82) is 0 Å². The van der Waals surface area contributed by atoms with Gasteiger partial charge >= 0.3 is 0 Å². The molecule has 0 fully saturated rings. The molecule has 0 aliphatic carbocycles. The summed E-state index contributed by atoms with van der Waals surface area (Å²) in [5, 5.41) is 15.2. The van der Waals surface area contributed by atoms with Crippen LogP contribution in [-0.2, 0) is 11.2 Å². The Morgan fingerprint density at radius 3 is 2.43 bits per heavy atom. The number of hydrogen-bond donors (Lipinski definition) is 2. The lowest BCUT2D eigenvalue weighted by Crippen LogP contribution is -2.33. The van der Waals surface area contributed by atoms with E-state index in [-0.39, 0.29) is 11.0 Å². The van der Waals surface area contributed by atoms with E-state index in [1.165, 1.54) is 18.4 Å². The zero-order valence-corrected chi connectivity index (χ0v) is 17.3. The van der Waals surface area contributed by atoms with Gasteiger partial charge in [-0.3, -0.25) is 4.79 Å². The fourth-order valence-corrected chi connectivity index (χ4v) is 3.09. The highest BCUT2D eigenvalue weighted by molar-refractivity contribution is 7.80. The molecule has 146 valence electrons. The summed E-state index contributed by atoms with van der Waals surface area (Å²) in [6.45, 7) is 5.95. The van der Waals surface area contributed by atoms with Crippen LogP contribution in [0.15, 0.2) is 36.4 Å². The van der Waals surface area contributed by atoms with Gasteiger partial charge in [0.05, 0.1) is 5.69 Å². The molecule has 0 saturated heterocycles. The Kier molecular flexibility index (Phi) is 6.36. The van der Waals surface area contributed by atoms with Gasteiger partial charge in [-0.25, -0.2) is 0 Å². The molecule has 6 nitrogen and oxygen atoms in total. The van der Waals surface area contributed by atoms with Crippen LogP contribution in [0.5, 0.6) is 0 Å². The van der Waals surface area contributed by atoms with Gasteiger partial charge in [-0.2, -0.15) is 4.80 Å². The lowest BCUT2D eigenvalue weighted by molar-refractivity contribution is -0.119. The third-order valence-electron chi connectivity index (χ3n) is 4.54. The van der Waals surface area contributed by atoms with Gasteiger partial charge in [-0.15, -0.1) is 10.2 Å². The lowest BCUT2D eigenvalue weighted by atomic mass is 10.1. The van der Waals surface area contributed by atoms with Gasteiger partial charge in [-0.1, -0.05) is 32.4 Å². The standard InChI is InChI=1S/C21H25N5OS/c1-4-6-7-15-8-10-16(11-9-15)26-24-18-12-14(3)17(13-19(18)25-26)22-21(28)23-20(27)5-2/h8-13H,4-7H2,1-3H3,(H2,22,23,27,28). The van der Waals surface area contributed by atoms with E-state index in [2.05, 4.69) is 39.9 Å². The molecule has 1 heterocycles. The normalized spacial score (nSPS) is 10.8. The molecular weight excluding hydrogens is 370 g/mol. The van der Waals surface area contributed by atoms with Crippen molar-refractivity contribution in [3.63, 3.8) is 0 Å². The number of carbonyl (C=O) groups is 1. The second-order valence-electron chi connectivity index (χ2n) is 6.77. The van der Waals surface area contributed by atoms with Crippen LogP contribution >= 0.6 is 12.2 Å². The van der Waals surface area contributed by atoms with Crippen LogP contribution in [0.2, 0.25) is 0 Å². The summed E-state index contributed by atoms with van der Waals surface area (Å²) in [6, 6.07) is 12.2. The topological polar surface area (TPSA) is 71.8 Å². The van der Waals surface area contributed by atoms with E-state index >= 15 is 0 Å². The molecule has 0 unspecified atom stereocenters. The largest absolute Gasteiger partial charge is 0.332 e. The number of nitrogens with one attached hydrogen (secondary N) is 2. The summed E-state index contributed by atoms with van der Waals surface area (Å²) in [5.74, 6) is -0.121. The van der Waals surface area contributed by atoms with E-state index in [0.29, 0.717) is 6.42 Å². The Morgan fingerprint density at radius 2 is 1.79 bits per heavy atom. The summed E-state index contributed by atoms with van der Waals surface area (Å²) in [5.41, 5.74) is 5.59. The minimum atomic E-state index is -0.121. The first-order valence-corrected chi connectivity index (χ1v) is 9.98. The Hall–Kier alpha value is -2.80. The van der Waals surface area contributed by atoms with Crippen molar-refractivity contribution in [1.82, 2.24) is 20.3 Å². The molecule has 0 aliphatic rings. The first kappa shape index (κ1) is 19.9. The Balaban J connectivity index is 1.81. The second kappa shape index (κ2) is 8.93. The van der Waals surface area contributed by atoms with Gasteiger partial charge < -0.3 is 10.6 Å². The number of amides is 1. The van der Waals surface area contributed by atoms with Gasteiger partial charge in [0.2, 0.25) is 5.91 Å². The molecule has 3 aromatic rings. The second-order valence-corrected chi connectivity index (χ2v) is 7.18. The number of aromatic nitrogens is 3. The smallest absolute Gasteiger partial charge is 0.225 e. The number of benzene rings is 2. The predicted octanol–water partition coefficient (Wildman–Crippen LogP) is 4.29. The van der Waals surface area contributed by atoms with Crippen molar-refractivity contribution in [2.24, 2.45) is 0 Å². The van der Waals surface area contributed by atoms with Crippen LogP contribution in [0, 0.1) is 6.92 Å². The van der Waals surface area contributed by atoms with Gasteiger partial charge in [0.25, 0.3) is 0 Å². The van der Waals surface area contributed by atoms with E-state index < -0.39 is 0 Å². The molecule has 3 rings (SSSR count). The lowest BCUT2D eigenvalue weighted by Gasteiger charge is -2.10. The maximum Gasteiger partial charge on any atom is 0.225 e. The van der Waals surface area contributed by atoms with Crippen molar-refractivity contribution < 1.29 is 4.79 Å². The van der Waals surface area contributed by atoms with Gasteiger partial charge in [0.15, 0.2) is 5.11 Å². The summed E-state index contributed by atoms with van der Waals surface area (Å²) < 4.78 is 0. The minimum absolute atomic E-state index is 0.121. The van der Waals surface area contributed by atoms with Gasteiger partial charge in [0.1, 0.15) is 11.0 Å². The SMILES string of the molecule is CCCCc1ccc(-n2nc3cc(C)c(NC(=S)NC(=O)CC)cc3n2)cc1. The molecule has 7 heteroatoms. The van der Waals surface area contributed by atoms with E-state index in [1.807, 2.05) is 31.2 Å². The third-order valence-corrected chi connectivity index (χ3v) is 4.74. The quantitative estimate of drug-likeness (QED) is 0.609. The zero-order chi connectivity index (χ0) is 20.1. The number of fused-ring (bicyclic) bond motifs is 1. The molecule has 1 amide bonds. The fraction of sp³-hybridized carbons (Fsp3) is 0.333. The number of thiocarbonyl (C=S) groups is 1. The zero-order valence-electron chi connectivity index (χ0n) is 16.5. The molecule has 0 saturated carbocycles. The number of nitrogens with zero attached hydrogens (tertiary/aromatic N) is 3. The number of aryl methyl sites for hydroxylation is 2. The predicted molar refractivity (Wildman–Crippen MR) is 117 cm³/mol. The minimum Gasteiger partial charge on any atom is -0.332 e. The van der Waals surface area contributed by atoms with E-state index in [1.54, 1.807) is 11.7 Å². The Labute approximate surface area is 170 Å². The number of anilines is 1. The maximum atomic E-state index is 11.5. The maximum absolute atomic E-state index is 11.5. The van der Waals surface area contributed by atoms with Crippen LogP contribution in [0.1, 0.15) is 44.2 Å². The monoisotopic (exact) mass is 395 g/mol. The van der Waals surface area contributed by atoms with Gasteiger partial charge in [-0.05, 0) is 67.4 Å². The molecule has 0 atom stereocenters. The summed E-state index contributed by atoms with van der Waals surface area (Å²) >= 11 is 5.20. The Morgan fingerprint density at radius 1 is 1.11 bits per heavy atom. The van der Waals surface area contributed by atoms with E-state index in [9.17, 15) is 4.79 Å². The molecule has 0 bridgehead atoms. The highest BCUT2D eigenvalue weighted by Crippen LogP contribution is 2.22. The molecule has 0 aliphatic heterocycles. The summed E-state index contributed by atoms with van der Waals surface area (Å²) in [6.07, 6.45) is 3.85. The van der Waals surface area contributed by atoms with Crippen LogP contribution in [0.25, 0.3) is 16.7 Å². The molecule has 0 radical (unpaired) electrons. The first-order chi connectivity index (χ1) is 13.5. The number of carbonyl (C=O) groups excluding carboxylic acids is 1. The van der Waals surface area contributed by atoms with Crippen LogP contribution in [-0.4, -0.2) is 26.0 Å². The molecule has 2 N–H and O–H groups in total. The average Bonchev–Trinajstić information content (AvgIpc) is 3.09. The molecule has 1 aromatic heterocycles. The summed E-state index contributed by atoms with van der Waals surface area (Å²) in [7, 11) is 0. The van der Waals surface area contributed by atoms with Crippen molar-refractivity contribution in [2.45, 2.75) is 46.5 Å². The van der Waals surface area contributed by atoms with Crippen molar-refractivity contribution >= 4 is 40.0 Å². The molecular formula is C21H25N5OS. The third kappa shape index (κ3) is 4.72. The van der Waals surface area contributed by atoms with Crippen molar-refractivity contribution in [3.8, 4) is 5.69 Å². The first-order valence-electron chi connectivity index (χ1n) is 9.58. The highest BCUT2D eigenvalue weighted by Gasteiger charge is 2.10. The number of unbranched alkanes of at least 4 members (excludes halogenated alkanes) is 1.